The van der Waals surface area contributed by atoms with Crippen LogP contribution in [0.4, 0.5) is 0 Å². The average molecular weight is 415 g/mol. The van der Waals surface area contributed by atoms with Crippen molar-refractivity contribution in [1.29, 1.82) is 0 Å². The zero-order valence-corrected chi connectivity index (χ0v) is 18.9. The van der Waals surface area contributed by atoms with Gasteiger partial charge >= 0.3 is 0 Å². The van der Waals surface area contributed by atoms with Gasteiger partial charge in [-0.2, -0.15) is 0 Å². The molecule has 2 bridgehead atoms. The van der Waals surface area contributed by atoms with Crippen LogP contribution in [0.25, 0.3) is 0 Å². The lowest BCUT2D eigenvalue weighted by Gasteiger charge is -2.54. The second-order valence-electron chi connectivity index (χ2n) is 10.5. The smallest absolute Gasteiger partial charge is 0.0933 e. The molecule has 0 radical (unpaired) electrons. The van der Waals surface area contributed by atoms with E-state index < -0.39 is 11.2 Å². The van der Waals surface area contributed by atoms with Gasteiger partial charge in [0, 0.05) is 5.92 Å². The van der Waals surface area contributed by atoms with Gasteiger partial charge in [0.25, 0.3) is 0 Å². The van der Waals surface area contributed by atoms with Crippen molar-refractivity contribution in [2.75, 3.05) is 0 Å². The monoisotopic (exact) mass is 414 g/mol. The van der Waals surface area contributed by atoms with Crippen molar-refractivity contribution in [3.05, 3.63) is 47.5 Å². The molecule has 4 heteroatoms. The van der Waals surface area contributed by atoms with Crippen LogP contribution >= 0.6 is 0 Å². The van der Waals surface area contributed by atoms with Gasteiger partial charge in [-0.1, -0.05) is 50.3 Å². The van der Waals surface area contributed by atoms with Gasteiger partial charge in [0.1, 0.15) is 0 Å². The van der Waals surface area contributed by atoms with Crippen molar-refractivity contribution in [3.8, 4) is 0 Å². The van der Waals surface area contributed by atoms with E-state index in [1.807, 2.05) is 32.0 Å². The molecule has 2 aliphatic heterocycles. The lowest BCUT2D eigenvalue weighted by molar-refractivity contribution is -0.236. The SMILES string of the molecule is CC(C)[C@H]1CC[C@H](OCc2ccccc2)/C2=C/C[C@@](C)(O)[C@H]3CC[C@@](C)(O)[C@H](O3)[C@@H]21. The predicted octanol–water partition coefficient (Wildman–Crippen LogP) is 4.63. The van der Waals surface area contributed by atoms with Crippen LogP contribution in [0.15, 0.2) is 42.0 Å². The highest BCUT2D eigenvalue weighted by molar-refractivity contribution is 5.24. The van der Waals surface area contributed by atoms with Crippen LogP contribution in [0, 0.1) is 17.8 Å². The summed E-state index contributed by atoms with van der Waals surface area (Å²) in [5, 5.41) is 22.5. The highest BCUT2D eigenvalue weighted by Crippen LogP contribution is 2.50. The Morgan fingerprint density at radius 1 is 1.07 bits per heavy atom. The minimum absolute atomic E-state index is 0.00103. The molecule has 0 unspecified atom stereocenters. The van der Waals surface area contributed by atoms with Gasteiger partial charge in [-0.3, -0.25) is 0 Å². The third kappa shape index (κ3) is 4.25. The summed E-state index contributed by atoms with van der Waals surface area (Å²) < 4.78 is 13.0. The minimum atomic E-state index is -0.929. The van der Waals surface area contributed by atoms with Gasteiger partial charge in [-0.05, 0) is 68.9 Å². The number of aliphatic hydroxyl groups is 2. The number of benzene rings is 1. The zero-order chi connectivity index (χ0) is 21.5. The van der Waals surface area contributed by atoms with E-state index in [1.54, 1.807) is 0 Å². The normalized spacial score (nSPS) is 43.3. The Balaban J connectivity index is 1.68. The Labute approximate surface area is 181 Å². The van der Waals surface area contributed by atoms with Crippen molar-refractivity contribution < 1.29 is 19.7 Å². The van der Waals surface area contributed by atoms with Crippen LogP contribution in [0.2, 0.25) is 0 Å². The number of hydrogen-bond acceptors (Lipinski definition) is 4. The van der Waals surface area contributed by atoms with Crippen molar-refractivity contribution in [2.24, 2.45) is 17.8 Å². The molecule has 1 aromatic rings. The van der Waals surface area contributed by atoms with E-state index in [1.165, 1.54) is 11.1 Å². The standard InChI is InChI=1S/C26H38O4/c1-17(2)19-10-11-21(29-16-18-8-6-5-7-9-18)20-12-14-25(3,27)22-13-15-26(4,28)24(30-22)23(19)20/h5-9,12,17,19,21-24,27-28H,10-11,13-16H2,1-4H3/b20-12-/t19-,21+,22-,23-,24-,25-,26-/m1/s1. The fraction of sp³-hybridized carbons (Fsp3) is 0.692. The summed E-state index contributed by atoms with van der Waals surface area (Å²) in [6, 6.07) is 10.3. The number of fused-ring (bicyclic) bond motifs is 4. The molecule has 0 spiro atoms. The first-order valence-electron chi connectivity index (χ1n) is 11.6. The largest absolute Gasteiger partial charge is 0.387 e. The lowest BCUT2D eigenvalue weighted by atomic mass is 9.62. The van der Waals surface area contributed by atoms with Gasteiger partial charge in [0.2, 0.25) is 0 Å². The summed E-state index contributed by atoms with van der Waals surface area (Å²) in [6.45, 7) is 8.90. The van der Waals surface area contributed by atoms with Crippen molar-refractivity contribution >= 4 is 0 Å². The third-order valence-electron chi connectivity index (χ3n) is 7.74. The summed E-state index contributed by atoms with van der Waals surface area (Å²) in [5.41, 5.74) is 0.560. The number of hydrogen-bond donors (Lipinski definition) is 2. The van der Waals surface area contributed by atoms with Gasteiger partial charge in [0.05, 0.1) is 36.1 Å². The van der Waals surface area contributed by atoms with E-state index in [0.29, 0.717) is 37.7 Å². The first-order valence-corrected chi connectivity index (χ1v) is 11.6. The molecule has 2 heterocycles. The Morgan fingerprint density at radius 2 is 1.80 bits per heavy atom. The van der Waals surface area contributed by atoms with Crippen molar-refractivity contribution in [2.45, 2.75) is 95.9 Å². The highest BCUT2D eigenvalue weighted by Gasteiger charge is 2.54. The molecule has 166 valence electrons. The number of rotatable bonds is 4. The predicted molar refractivity (Wildman–Crippen MR) is 118 cm³/mol. The van der Waals surface area contributed by atoms with E-state index >= 15 is 0 Å². The van der Waals surface area contributed by atoms with Gasteiger partial charge < -0.3 is 19.7 Å². The molecule has 1 saturated heterocycles. The van der Waals surface area contributed by atoms with Crippen molar-refractivity contribution in [1.82, 2.24) is 0 Å². The fourth-order valence-corrected chi connectivity index (χ4v) is 5.86. The molecule has 0 amide bonds. The molecule has 3 aliphatic rings. The van der Waals surface area contributed by atoms with Gasteiger partial charge in [-0.25, -0.2) is 0 Å². The highest BCUT2D eigenvalue weighted by atomic mass is 16.5. The topological polar surface area (TPSA) is 58.9 Å². The Morgan fingerprint density at radius 3 is 2.50 bits per heavy atom. The molecule has 1 aliphatic carbocycles. The first-order chi connectivity index (χ1) is 14.2. The molecule has 2 fully saturated rings. The van der Waals surface area contributed by atoms with Crippen LogP contribution in [-0.4, -0.2) is 39.7 Å². The second-order valence-corrected chi connectivity index (χ2v) is 10.5. The maximum absolute atomic E-state index is 11.3. The summed E-state index contributed by atoms with van der Waals surface area (Å²) in [4.78, 5) is 0. The molecule has 1 aromatic carbocycles. The summed E-state index contributed by atoms with van der Waals surface area (Å²) in [5.74, 6) is 1.05. The Bertz CT molecular complexity index is 752. The molecule has 4 rings (SSSR count). The van der Waals surface area contributed by atoms with Gasteiger partial charge in [0.15, 0.2) is 0 Å². The van der Waals surface area contributed by atoms with Crippen LogP contribution in [0.1, 0.15) is 65.4 Å². The molecular weight excluding hydrogens is 376 g/mol. The first kappa shape index (κ1) is 22.0. The molecule has 2 N–H and O–H groups in total. The van der Waals surface area contributed by atoms with Crippen LogP contribution in [0.3, 0.4) is 0 Å². The molecule has 0 aromatic heterocycles. The fourth-order valence-electron chi connectivity index (χ4n) is 5.86. The van der Waals surface area contributed by atoms with Crippen LogP contribution in [0.5, 0.6) is 0 Å². The van der Waals surface area contributed by atoms with E-state index in [4.69, 9.17) is 9.47 Å². The van der Waals surface area contributed by atoms with Crippen LogP contribution in [-0.2, 0) is 16.1 Å². The van der Waals surface area contributed by atoms with Gasteiger partial charge in [-0.15, -0.1) is 0 Å². The summed E-state index contributed by atoms with van der Waals surface area (Å²) in [7, 11) is 0. The zero-order valence-electron chi connectivity index (χ0n) is 18.9. The Kier molecular flexibility index (Phi) is 6.15. The molecular formula is C26H38O4. The summed E-state index contributed by atoms with van der Waals surface area (Å²) >= 11 is 0. The maximum Gasteiger partial charge on any atom is 0.0933 e. The van der Waals surface area contributed by atoms with E-state index in [0.717, 1.165) is 12.8 Å². The van der Waals surface area contributed by atoms with E-state index in [-0.39, 0.29) is 24.2 Å². The minimum Gasteiger partial charge on any atom is -0.387 e. The molecule has 7 atom stereocenters. The van der Waals surface area contributed by atoms with E-state index in [2.05, 4.69) is 32.1 Å². The summed E-state index contributed by atoms with van der Waals surface area (Å²) in [6.07, 6.45) is 5.61. The maximum atomic E-state index is 11.3. The Hall–Kier alpha value is -1.20. The third-order valence-corrected chi connectivity index (χ3v) is 7.74. The quantitative estimate of drug-likeness (QED) is 0.705. The van der Waals surface area contributed by atoms with Crippen molar-refractivity contribution in [3.63, 3.8) is 0 Å². The average Bonchev–Trinajstić information content (AvgIpc) is 2.70. The lowest BCUT2D eigenvalue weighted by Crippen LogP contribution is -2.60. The molecule has 1 saturated carbocycles. The molecule has 30 heavy (non-hydrogen) atoms. The second kappa shape index (κ2) is 8.38. The number of ether oxygens (including phenoxy) is 2. The molecule has 4 nitrogen and oxygen atoms in total. The van der Waals surface area contributed by atoms with Crippen LogP contribution < -0.4 is 0 Å². The van der Waals surface area contributed by atoms with E-state index in [9.17, 15) is 10.2 Å².